The molecule has 1 aliphatic heterocycles. The molecule has 150 valence electrons. The average molecular weight is 391 g/mol. The lowest BCUT2D eigenvalue weighted by atomic mass is 9.71. The van der Waals surface area contributed by atoms with Crippen LogP contribution in [-0.2, 0) is 20.7 Å². The molecule has 1 fully saturated rings. The molecule has 0 N–H and O–H groups in total. The van der Waals surface area contributed by atoms with Crippen LogP contribution in [0.4, 0.5) is 0 Å². The lowest BCUT2D eigenvalue weighted by Gasteiger charge is -2.34. The van der Waals surface area contributed by atoms with Gasteiger partial charge in [-0.05, 0) is 44.4 Å². The van der Waals surface area contributed by atoms with Crippen molar-refractivity contribution in [1.82, 2.24) is 0 Å². The zero-order chi connectivity index (χ0) is 20.4. The van der Waals surface area contributed by atoms with Crippen LogP contribution < -0.4 is 0 Å². The third-order valence-corrected chi connectivity index (χ3v) is 5.66. The number of ketones is 1. The normalized spacial score (nSPS) is 21.6. The van der Waals surface area contributed by atoms with Crippen molar-refractivity contribution in [3.05, 3.63) is 70.8 Å². The van der Waals surface area contributed by atoms with Gasteiger partial charge in [0.05, 0.1) is 24.0 Å². The number of aliphatic imine (C=N–C) groups is 1. The van der Waals surface area contributed by atoms with Gasteiger partial charge in [0.1, 0.15) is 17.3 Å². The number of hydrogen-bond donors (Lipinski definition) is 0. The molecule has 2 atom stereocenters. The summed E-state index contributed by atoms with van der Waals surface area (Å²) in [7, 11) is 0. The van der Waals surface area contributed by atoms with Crippen molar-refractivity contribution in [3.63, 3.8) is 0 Å². The topological polar surface area (TPSA) is 68.9 Å². The molecule has 0 saturated heterocycles. The van der Waals surface area contributed by atoms with Gasteiger partial charge >= 0.3 is 5.97 Å². The molecule has 0 amide bonds. The summed E-state index contributed by atoms with van der Waals surface area (Å²) in [4.78, 5) is 30.5. The van der Waals surface area contributed by atoms with Crippen molar-refractivity contribution in [2.24, 2.45) is 10.9 Å². The summed E-state index contributed by atoms with van der Waals surface area (Å²) in [5.41, 5.74) is 3.03. The molecule has 1 saturated carbocycles. The third kappa shape index (κ3) is 3.95. The quantitative estimate of drug-likeness (QED) is 0.701. The van der Waals surface area contributed by atoms with E-state index < -0.39 is 17.8 Å². The minimum Gasteiger partial charge on any atom is -0.466 e. The number of nitrogens with zero attached hydrogens (tertiary/aromatic N) is 1. The monoisotopic (exact) mass is 391 g/mol. The van der Waals surface area contributed by atoms with Gasteiger partial charge in [-0.25, -0.2) is 4.79 Å². The van der Waals surface area contributed by atoms with Crippen molar-refractivity contribution in [2.75, 3.05) is 6.61 Å². The molecule has 0 radical (unpaired) electrons. The molecule has 1 aromatic carbocycles. The van der Waals surface area contributed by atoms with Crippen molar-refractivity contribution >= 4 is 17.5 Å². The first kappa shape index (κ1) is 19.4. The smallest absolute Gasteiger partial charge is 0.336 e. The van der Waals surface area contributed by atoms with Crippen molar-refractivity contribution < 1.29 is 18.7 Å². The summed E-state index contributed by atoms with van der Waals surface area (Å²) in [6, 6.07) is 13.6. The van der Waals surface area contributed by atoms with Crippen LogP contribution in [0.1, 0.15) is 49.2 Å². The van der Waals surface area contributed by atoms with E-state index in [2.05, 4.69) is 4.99 Å². The minimum atomic E-state index is -0.465. The first-order chi connectivity index (χ1) is 14.0. The number of furan rings is 1. The Kier molecular flexibility index (Phi) is 5.47. The Balaban J connectivity index is 1.61. The molecule has 1 aromatic heterocycles. The highest BCUT2D eigenvalue weighted by Gasteiger charge is 2.45. The summed E-state index contributed by atoms with van der Waals surface area (Å²) >= 11 is 0. The lowest BCUT2D eigenvalue weighted by molar-refractivity contribution is -0.139. The number of allylic oxidation sites excluding steroid dienone is 1. The molecular formula is C24H25NO4. The fourth-order valence-electron chi connectivity index (χ4n) is 4.30. The second-order valence-corrected chi connectivity index (χ2v) is 7.70. The van der Waals surface area contributed by atoms with E-state index in [1.165, 1.54) is 0 Å². The van der Waals surface area contributed by atoms with E-state index >= 15 is 0 Å². The zero-order valence-electron chi connectivity index (χ0n) is 16.8. The summed E-state index contributed by atoms with van der Waals surface area (Å²) in [6.45, 7) is 3.95. The van der Waals surface area contributed by atoms with Crippen LogP contribution in [-0.4, -0.2) is 24.1 Å². The number of rotatable bonds is 5. The van der Waals surface area contributed by atoms with E-state index in [1.54, 1.807) is 0 Å². The fourth-order valence-corrected chi connectivity index (χ4v) is 4.30. The number of carbonyl (C=O) groups is 2. The SMILES string of the molecule is CC1=C(C(=O)OCCc2ccccc2)[C@@H](c2ccc(C)o2)C2C(=O)CCCC2=N1. The van der Waals surface area contributed by atoms with Gasteiger partial charge in [0, 0.05) is 24.3 Å². The van der Waals surface area contributed by atoms with E-state index in [9.17, 15) is 9.59 Å². The molecule has 1 unspecified atom stereocenters. The number of benzene rings is 1. The highest BCUT2D eigenvalue weighted by Crippen LogP contribution is 2.43. The van der Waals surface area contributed by atoms with E-state index in [-0.39, 0.29) is 12.4 Å². The molecule has 5 heteroatoms. The van der Waals surface area contributed by atoms with Gasteiger partial charge in [-0.1, -0.05) is 30.3 Å². The molecule has 29 heavy (non-hydrogen) atoms. The Labute approximate surface area is 170 Å². The van der Waals surface area contributed by atoms with E-state index in [1.807, 2.05) is 56.3 Å². The fraction of sp³-hybridized carbons (Fsp3) is 0.375. The third-order valence-electron chi connectivity index (χ3n) is 5.66. The standard InChI is InChI=1S/C24H25NO4/c1-15-11-12-20(29-15)23-21(16(2)25-18-9-6-10-19(26)22(18)23)24(27)28-14-13-17-7-4-3-5-8-17/h3-5,7-8,11-12,22-23H,6,9-10,13-14H2,1-2H3/t22?,23-/m1/s1. The van der Waals surface area contributed by atoms with Gasteiger partial charge in [0.2, 0.25) is 0 Å². The van der Waals surface area contributed by atoms with Crippen LogP contribution in [0.15, 0.2) is 63.1 Å². The summed E-state index contributed by atoms with van der Waals surface area (Å²) in [5.74, 6) is 0.184. The molecule has 4 rings (SSSR count). The Bertz CT molecular complexity index is 983. The Hall–Kier alpha value is -2.95. The summed E-state index contributed by atoms with van der Waals surface area (Å²) < 4.78 is 11.5. The van der Waals surface area contributed by atoms with Gasteiger partial charge in [-0.2, -0.15) is 0 Å². The average Bonchev–Trinajstić information content (AvgIpc) is 3.14. The number of fused-ring (bicyclic) bond motifs is 1. The largest absolute Gasteiger partial charge is 0.466 e. The molecule has 0 spiro atoms. The van der Waals surface area contributed by atoms with Gasteiger partial charge in [0.25, 0.3) is 0 Å². The van der Waals surface area contributed by atoms with Gasteiger partial charge in [0.15, 0.2) is 0 Å². The highest BCUT2D eigenvalue weighted by atomic mass is 16.5. The molecule has 2 heterocycles. The molecule has 1 aliphatic carbocycles. The second kappa shape index (κ2) is 8.19. The maximum atomic E-state index is 13.1. The number of ether oxygens (including phenoxy) is 1. The Morgan fingerprint density at radius 3 is 2.62 bits per heavy atom. The minimum absolute atomic E-state index is 0.121. The van der Waals surface area contributed by atoms with Crippen LogP contribution in [0.2, 0.25) is 0 Å². The first-order valence-electron chi connectivity index (χ1n) is 10.1. The Morgan fingerprint density at radius 2 is 1.90 bits per heavy atom. The van der Waals surface area contributed by atoms with Crippen LogP contribution in [0.25, 0.3) is 0 Å². The molecule has 5 nitrogen and oxygen atoms in total. The van der Waals surface area contributed by atoms with E-state index in [0.29, 0.717) is 29.9 Å². The van der Waals surface area contributed by atoms with Crippen molar-refractivity contribution in [3.8, 4) is 0 Å². The number of aryl methyl sites for hydroxylation is 1. The molecule has 2 aromatic rings. The first-order valence-corrected chi connectivity index (χ1v) is 10.1. The summed E-state index contributed by atoms with van der Waals surface area (Å²) in [5, 5.41) is 0. The summed E-state index contributed by atoms with van der Waals surface area (Å²) in [6.07, 6.45) is 2.73. The lowest BCUT2D eigenvalue weighted by Crippen LogP contribution is -2.39. The van der Waals surface area contributed by atoms with Crippen LogP contribution in [0.5, 0.6) is 0 Å². The number of esters is 1. The van der Waals surface area contributed by atoms with Crippen LogP contribution in [0.3, 0.4) is 0 Å². The van der Waals surface area contributed by atoms with Crippen molar-refractivity contribution in [1.29, 1.82) is 0 Å². The molecule has 2 aliphatic rings. The number of carbonyl (C=O) groups excluding carboxylic acids is 2. The van der Waals surface area contributed by atoms with Crippen LogP contribution in [0, 0.1) is 12.8 Å². The van der Waals surface area contributed by atoms with Gasteiger partial charge in [-0.15, -0.1) is 0 Å². The highest BCUT2D eigenvalue weighted by molar-refractivity contribution is 6.11. The van der Waals surface area contributed by atoms with Gasteiger partial charge < -0.3 is 9.15 Å². The van der Waals surface area contributed by atoms with E-state index in [4.69, 9.17) is 9.15 Å². The predicted octanol–water partition coefficient (Wildman–Crippen LogP) is 4.56. The number of Topliss-reactive ketones (excluding diaryl/α,β-unsaturated/α-hetero) is 1. The maximum absolute atomic E-state index is 13.1. The zero-order valence-corrected chi connectivity index (χ0v) is 16.8. The van der Waals surface area contributed by atoms with E-state index in [0.717, 1.165) is 29.9 Å². The number of hydrogen-bond acceptors (Lipinski definition) is 5. The van der Waals surface area contributed by atoms with Crippen molar-refractivity contribution in [2.45, 2.75) is 45.4 Å². The van der Waals surface area contributed by atoms with Gasteiger partial charge in [-0.3, -0.25) is 9.79 Å². The van der Waals surface area contributed by atoms with Crippen LogP contribution >= 0.6 is 0 Å². The predicted molar refractivity (Wildman–Crippen MR) is 110 cm³/mol. The second-order valence-electron chi connectivity index (χ2n) is 7.70. The Morgan fingerprint density at radius 1 is 1.10 bits per heavy atom. The molecular weight excluding hydrogens is 366 g/mol. The maximum Gasteiger partial charge on any atom is 0.336 e. The molecule has 0 bridgehead atoms.